The third kappa shape index (κ3) is 4.22. The molecule has 1 aliphatic carbocycles. The quantitative estimate of drug-likeness (QED) is 0.180. The Labute approximate surface area is 280 Å². The van der Waals surface area contributed by atoms with Crippen molar-refractivity contribution in [1.29, 1.82) is 0 Å². The predicted molar refractivity (Wildman–Crippen MR) is 199 cm³/mol. The maximum Gasteiger partial charge on any atom is 0.0967 e. The van der Waals surface area contributed by atoms with E-state index in [2.05, 4.69) is 125 Å². The van der Waals surface area contributed by atoms with Crippen molar-refractivity contribution < 1.29 is 0 Å². The number of hydrogen-bond donors (Lipinski definition) is 0. The van der Waals surface area contributed by atoms with Crippen LogP contribution in [-0.2, 0) is 10.8 Å². The highest BCUT2D eigenvalue weighted by atomic mass is 14.8. The van der Waals surface area contributed by atoms with Crippen molar-refractivity contribution >= 4 is 43.6 Å². The van der Waals surface area contributed by atoms with E-state index in [4.69, 9.17) is 19.9 Å². The van der Waals surface area contributed by atoms with E-state index in [-0.39, 0.29) is 10.8 Å². The second kappa shape index (κ2) is 10.0. The van der Waals surface area contributed by atoms with Gasteiger partial charge in [0, 0.05) is 67.3 Å². The molecule has 1 aliphatic rings. The highest BCUT2D eigenvalue weighted by molar-refractivity contribution is 6.04. The lowest BCUT2D eigenvalue weighted by molar-refractivity contribution is 0.521. The van der Waals surface area contributed by atoms with Crippen molar-refractivity contribution in [1.82, 2.24) is 19.9 Å². The highest BCUT2D eigenvalue weighted by Gasteiger charge is 2.41. The molecule has 0 saturated carbocycles. The van der Waals surface area contributed by atoms with Gasteiger partial charge in [-0.1, -0.05) is 88.4 Å². The second-order valence-electron chi connectivity index (χ2n) is 14.5. The SMILES string of the molecule is Cc1ccc2ccc3cc(-c4ccc5c(c4)C(C)(C)c4ccc(-c6cnc7c(ccc8ccc(C)nc87)c6)cc4C5(C)C)cnc3c2n1. The van der Waals surface area contributed by atoms with Gasteiger partial charge in [-0.3, -0.25) is 19.9 Å². The summed E-state index contributed by atoms with van der Waals surface area (Å²) >= 11 is 0. The molecule has 0 unspecified atom stereocenters. The number of nitrogens with zero attached hydrogens (tertiary/aromatic N) is 4. The molecule has 4 aromatic carbocycles. The molecular formula is C44H36N4. The second-order valence-corrected chi connectivity index (χ2v) is 14.5. The van der Waals surface area contributed by atoms with E-state index in [0.29, 0.717) is 0 Å². The molecule has 0 spiro atoms. The molecule has 0 amide bonds. The fourth-order valence-electron chi connectivity index (χ4n) is 7.93. The Morgan fingerprint density at radius 1 is 0.375 bits per heavy atom. The molecule has 0 bridgehead atoms. The molecule has 8 aromatic rings. The lowest BCUT2D eigenvalue weighted by Gasteiger charge is -2.44. The van der Waals surface area contributed by atoms with E-state index in [0.717, 1.165) is 66.1 Å². The first-order chi connectivity index (χ1) is 23.1. The average molecular weight is 621 g/mol. The molecule has 0 saturated heterocycles. The summed E-state index contributed by atoms with van der Waals surface area (Å²) in [6, 6.07) is 35.5. The van der Waals surface area contributed by atoms with Crippen molar-refractivity contribution in [2.75, 3.05) is 0 Å². The highest BCUT2D eigenvalue weighted by Crippen LogP contribution is 2.51. The van der Waals surface area contributed by atoms with E-state index in [1.54, 1.807) is 0 Å². The largest absolute Gasteiger partial charge is 0.253 e. The van der Waals surface area contributed by atoms with Gasteiger partial charge in [-0.2, -0.15) is 0 Å². The minimum absolute atomic E-state index is 0.180. The monoisotopic (exact) mass is 620 g/mol. The topological polar surface area (TPSA) is 51.6 Å². The van der Waals surface area contributed by atoms with Crippen molar-refractivity contribution in [2.24, 2.45) is 0 Å². The van der Waals surface area contributed by atoms with Gasteiger partial charge >= 0.3 is 0 Å². The maximum atomic E-state index is 4.94. The van der Waals surface area contributed by atoms with Crippen LogP contribution in [-0.4, -0.2) is 19.9 Å². The molecule has 0 fully saturated rings. The minimum Gasteiger partial charge on any atom is -0.253 e. The fraction of sp³-hybridized carbons (Fsp3) is 0.182. The molecular weight excluding hydrogens is 585 g/mol. The van der Waals surface area contributed by atoms with Gasteiger partial charge in [-0.25, -0.2) is 0 Å². The normalized spacial score (nSPS) is 14.8. The van der Waals surface area contributed by atoms with Gasteiger partial charge < -0.3 is 0 Å². The standard InChI is InChI=1S/C44H36N4/c1-25-7-9-27-11-13-31-19-33(23-45-39(31)41(27)47-25)29-15-17-35-37(21-29)43(3,4)36-18-16-30(22-38(36)44(35,5)6)34-20-32-14-12-28-10-8-26(2)48-42(28)40(32)46-24-34/h7-24H,1-6H3. The lowest BCUT2D eigenvalue weighted by atomic mass is 9.59. The Morgan fingerprint density at radius 2 is 0.771 bits per heavy atom. The van der Waals surface area contributed by atoms with Crippen LogP contribution in [0.4, 0.5) is 0 Å². The number of fused-ring (bicyclic) bond motifs is 8. The summed E-state index contributed by atoms with van der Waals surface area (Å²) in [4.78, 5) is 19.5. The molecule has 4 nitrogen and oxygen atoms in total. The first-order valence-electron chi connectivity index (χ1n) is 16.7. The third-order valence-electron chi connectivity index (χ3n) is 10.7. The van der Waals surface area contributed by atoms with Crippen molar-refractivity contribution in [2.45, 2.75) is 52.4 Å². The third-order valence-corrected chi connectivity index (χ3v) is 10.7. The first-order valence-corrected chi connectivity index (χ1v) is 16.7. The molecule has 0 atom stereocenters. The van der Waals surface area contributed by atoms with E-state index < -0.39 is 0 Å². The van der Waals surface area contributed by atoms with Crippen LogP contribution in [0.25, 0.3) is 65.9 Å². The van der Waals surface area contributed by atoms with Gasteiger partial charge in [-0.05, 0) is 83.6 Å². The van der Waals surface area contributed by atoms with Crippen LogP contribution >= 0.6 is 0 Å². The van der Waals surface area contributed by atoms with Crippen LogP contribution in [0.2, 0.25) is 0 Å². The van der Waals surface area contributed by atoms with Crippen LogP contribution in [0.3, 0.4) is 0 Å². The van der Waals surface area contributed by atoms with Gasteiger partial charge in [0.15, 0.2) is 0 Å². The summed E-state index contributed by atoms with van der Waals surface area (Å²) in [7, 11) is 0. The van der Waals surface area contributed by atoms with E-state index in [1.165, 1.54) is 33.4 Å². The molecule has 4 heteroatoms. The molecule has 0 N–H and O–H groups in total. The Morgan fingerprint density at radius 3 is 1.21 bits per heavy atom. The van der Waals surface area contributed by atoms with Crippen LogP contribution in [0, 0.1) is 13.8 Å². The molecule has 4 aromatic heterocycles. The lowest BCUT2D eigenvalue weighted by Crippen LogP contribution is -2.36. The van der Waals surface area contributed by atoms with E-state index in [1.807, 2.05) is 26.2 Å². The molecule has 9 rings (SSSR count). The maximum absolute atomic E-state index is 4.94. The summed E-state index contributed by atoms with van der Waals surface area (Å²) in [5.41, 5.74) is 15.5. The van der Waals surface area contributed by atoms with Crippen molar-refractivity contribution in [3.05, 3.63) is 143 Å². The van der Waals surface area contributed by atoms with Gasteiger partial charge in [0.25, 0.3) is 0 Å². The number of aromatic nitrogens is 4. The number of benzene rings is 4. The first kappa shape index (κ1) is 28.7. The number of hydrogen-bond acceptors (Lipinski definition) is 4. The van der Waals surface area contributed by atoms with Gasteiger partial charge in [-0.15, -0.1) is 0 Å². The predicted octanol–water partition coefficient (Wildman–Crippen LogP) is 10.8. The molecule has 4 heterocycles. The summed E-state index contributed by atoms with van der Waals surface area (Å²) in [5, 5.41) is 4.45. The molecule has 232 valence electrons. The van der Waals surface area contributed by atoms with Gasteiger partial charge in [0.1, 0.15) is 0 Å². The van der Waals surface area contributed by atoms with Crippen molar-refractivity contribution in [3.63, 3.8) is 0 Å². The number of aryl methyl sites for hydroxylation is 2. The van der Waals surface area contributed by atoms with Gasteiger partial charge in [0.2, 0.25) is 0 Å². The Hall–Kier alpha value is -5.48. The zero-order chi connectivity index (χ0) is 32.9. The Bertz CT molecular complexity index is 2460. The minimum atomic E-state index is -0.180. The summed E-state index contributed by atoms with van der Waals surface area (Å²) in [5.74, 6) is 0. The summed E-state index contributed by atoms with van der Waals surface area (Å²) in [6.45, 7) is 13.5. The smallest absolute Gasteiger partial charge is 0.0967 e. The van der Waals surface area contributed by atoms with Crippen LogP contribution in [0.15, 0.2) is 109 Å². The average Bonchev–Trinajstić information content (AvgIpc) is 3.10. The fourth-order valence-corrected chi connectivity index (χ4v) is 7.93. The van der Waals surface area contributed by atoms with Crippen LogP contribution in [0.1, 0.15) is 61.3 Å². The summed E-state index contributed by atoms with van der Waals surface area (Å²) in [6.07, 6.45) is 4.01. The zero-order valence-corrected chi connectivity index (χ0v) is 28.2. The number of rotatable bonds is 2. The number of pyridine rings is 4. The van der Waals surface area contributed by atoms with Crippen molar-refractivity contribution in [3.8, 4) is 22.3 Å². The van der Waals surface area contributed by atoms with Crippen LogP contribution < -0.4 is 0 Å². The van der Waals surface area contributed by atoms with Crippen LogP contribution in [0.5, 0.6) is 0 Å². The zero-order valence-electron chi connectivity index (χ0n) is 28.2. The van der Waals surface area contributed by atoms with E-state index >= 15 is 0 Å². The van der Waals surface area contributed by atoms with E-state index in [9.17, 15) is 0 Å². The Balaban J connectivity index is 1.12. The van der Waals surface area contributed by atoms with Gasteiger partial charge in [0.05, 0.1) is 22.1 Å². The summed E-state index contributed by atoms with van der Waals surface area (Å²) < 4.78 is 0. The molecule has 48 heavy (non-hydrogen) atoms. The molecule has 0 aliphatic heterocycles. The molecule has 0 radical (unpaired) electrons. The Kier molecular flexibility index (Phi) is 5.99.